The summed E-state index contributed by atoms with van der Waals surface area (Å²) in [6.45, 7) is 5.56. The highest BCUT2D eigenvalue weighted by Gasteiger charge is 2.30. The Hall–Kier alpha value is -3.49. The molecule has 198 valence electrons. The third-order valence-corrected chi connectivity index (χ3v) is 8.43. The highest BCUT2D eigenvalue weighted by Crippen LogP contribution is 2.37. The first kappa shape index (κ1) is 24.8. The molecule has 3 heterocycles. The van der Waals surface area contributed by atoms with E-state index in [9.17, 15) is 0 Å². The molecule has 2 aliphatic rings. The Labute approximate surface area is 225 Å². The van der Waals surface area contributed by atoms with Gasteiger partial charge in [-0.2, -0.15) is 5.10 Å². The summed E-state index contributed by atoms with van der Waals surface area (Å²) in [6, 6.07) is 20.1. The van der Waals surface area contributed by atoms with E-state index >= 15 is 0 Å². The minimum atomic E-state index is 0.334. The largest absolute Gasteiger partial charge is 0.383 e. The molecule has 2 N–H and O–H groups in total. The number of piperazine rings is 1. The van der Waals surface area contributed by atoms with Crippen LogP contribution in [0.2, 0.25) is 0 Å². The van der Waals surface area contributed by atoms with Gasteiger partial charge in [-0.3, -0.25) is 4.90 Å². The minimum absolute atomic E-state index is 0.334. The van der Waals surface area contributed by atoms with Crippen LogP contribution in [0.5, 0.6) is 0 Å². The fourth-order valence-corrected chi connectivity index (χ4v) is 6.13. The highest BCUT2D eigenvalue weighted by atomic mass is 15.3. The lowest BCUT2D eigenvalue weighted by Gasteiger charge is -2.41. The Bertz CT molecular complexity index is 1350. The smallest absolute Gasteiger partial charge is 0.164 e. The van der Waals surface area contributed by atoms with Gasteiger partial charge in [-0.1, -0.05) is 42.5 Å². The molecule has 0 radical (unpaired) electrons. The molecule has 0 bridgehead atoms. The van der Waals surface area contributed by atoms with Crippen molar-refractivity contribution in [2.45, 2.75) is 44.3 Å². The zero-order valence-electron chi connectivity index (χ0n) is 22.5. The van der Waals surface area contributed by atoms with Crippen LogP contribution in [0.15, 0.2) is 60.9 Å². The van der Waals surface area contributed by atoms with Gasteiger partial charge >= 0.3 is 0 Å². The Kier molecular flexibility index (Phi) is 7.00. The first-order chi connectivity index (χ1) is 18.6. The first-order valence-corrected chi connectivity index (χ1v) is 13.8. The van der Waals surface area contributed by atoms with Crippen LogP contribution in [-0.2, 0) is 6.54 Å². The number of fused-ring (bicyclic) bond motifs is 1. The number of nitrogens with two attached hydrogens (primary N) is 1. The van der Waals surface area contributed by atoms with E-state index in [0.717, 1.165) is 47.4 Å². The van der Waals surface area contributed by atoms with E-state index in [1.54, 1.807) is 6.33 Å². The second-order valence-corrected chi connectivity index (χ2v) is 10.9. The van der Waals surface area contributed by atoms with Crippen molar-refractivity contribution in [1.29, 1.82) is 0 Å². The Morgan fingerprint density at radius 3 is 2.26 bits per heavy atom. The zero-order chi connectivity index (χ0) is 26.1. The fraction of sp³-hybridized carbons (Fsp3) is 0.433. The lowest BCUT2D eigenvalue weighted by Crippen LogP contribution is -2.49. The van der Waals surface area contributed by atoms with Crippen molar-refractivity contribution in [3.8, 4) is 11.3 Å². The van der Waals surface area contributed by atoms with Gasteiger partial charge in [-0.25, -0.2) is 14.6 Å². The molecule has 8 nitrogen and oxygen atoms in total. The summed E-state index contributed by atoms with van der Waals surface area (Å²) in [7, 11) is 4.34. The number of hydrogen-bond acceptors (Lipinski definition) is 7. The van der Waals surface area contributed by atoms with Gasteiger partial charge in [0, 0.05) is 57.1 Å². The molecule has 1 saturated carbocycles. The van der Waals surface area contributed by atoms with Crippen molar-refractivity contribution in [3.05, 3.63) is 66.5 Å². The van der Waals surface area contributed by atoms with E-state index in [1.165, 1.54) is 44.6 Å². The first-order valence-electron chi connectivity index (χ1n) is 13.8. The molecule has 1 saturated heterocycles. The summed E-state index contributed by atoms with van der Waals surface area (Å²) in [5.74, 6) is 0.493. The monoisotopic (exact) mass is 510 g/mol. The Balaban J connectivity index is 1.22. The van der Waals surface area contributed by atoms with E-state index in [4.69, 9.17) is 10.8 Å². The number of nitrogen functional groups attached to an aromatic ring is 1. The summed E-state index contributed by atoms with van der Waals surface area (Å²) in [5.41, 5.74) is 11.6. The van der Waals surface area contributed by atoms with E-state index < -0.39 is 0 Å². The maximum atomic E-state index is 6.41. The lowest BCUT2D eigenvalue weighted by molar-refractivity contribution is 0.0815. The second kappa shape index (κ2) is 10.7. The molecule has 38 heavy (non-hydrogen) atoms. The molecular formula is C30H38N8. The number of rotatable bonds is 6. The van der Waals surface area contributed by atoms with Gasteiger partial charge in [-0.15, -0.1) is 0 Å². The zero-order valence-corrected chi connectivity index (χ0v) is 22.5. The van der Waals surface area contributed by atoms with Crippen LogP contribution in [0, 0.1) is 0 Å². The molecule has 2 fully saturated rings. The number of likely N-dealkylation sites (N-methyl/N-ethyl adjacent to an activating group) is 1. The number of nitrogens with zero attached hydrogens (tertiary/aromatic N) is 7. The normalized spacial score (nSPS) is 21.1. The average Bonchev–Trinajstić information content (AvgIpc) is 3.35. The van der Waals surface area contributed by atoms with Crippen molar-refractivity contribution < 1.29 is 0 Å². The molecule has 0 spiro atoms. The Morgan fingerprint density at radius 2 is 1.55 bits per heavy atom. The maximum absolute atomic E-state index is 6.41. The molecule has 0 unspecified atom stereocenters. The van der Waals surface area contributed by atoms with Crippen LogP contribution < -0.4 is 10.6 Å². The molecule has 2 aromatic carbocycles. The van der Waals surface area contributed by atoms with Gasteiger partial charge in [0.1, 0.15) is 17.8 Å². The van der Waals surface area contributed by atoms with Gasteiger partial charge in [-0.05, 0) is 50.4 Å². The molecule has 4 aromatic rings. The quantitative estimate of drug-likeness (QED) is 0.411. The summed E-state index contributed by atoms with van der Waals surface area (Å²) in [5, 5.41) is 5.99. The van der Waals surface area contributed by atoms with Crippen LogP contribution >= 0.6 is 0 Å². The van der Waals surface area contributed by atoms with Gasteiger partial charge in [0.25, 0.3) is 0 Å². The molecule has 6 rings (SSSR count). The minimum Gasteiger partial charge on any atom is -0.383 e. The van der Waals surface area contributed by atoms with Crippen molar-refractivity contribution >= 4 is 22.5 Å². The van der Waals surface area contributed by atoms with E-state index in [1.807, 2.05) is 0 Å². The number of hydrogen-bond donors (Lipinski definition) is 1. The topological polar surface area (TPSA) is 79.3 Å². The van der Waals surface area contributed by atoms with Gasteiger partial charge in [0.05, 0.1) is 11.4 Å². The molecule has 0 amide bonds. The molecule has 2 aromatic heterocycles. The third kappa shape index (κ3) is 4.98. The molecule has 0 atom stereocenters. The van der Waals surface area contributed by atoms with Crippen LogP contribution in [0.1, 0.15) is 37.3 Å². The maximum Gasteiger partial charge on any atom is 0.164 e. The van der Waals surface area contributed by atoms with E-state index in [2.05, 4.69) is 98.0 Å². The van der Waals surface area contributed by atoms with Crippen molar-refractivity contribution in [1.82, 2.24) is 29.5 Å². The molecular weight excluding hydrogens is 472 g/mol. The second-order valence-electron chi connectivity index (χ2n) is 10.9. The standard InChI is InChI=1S/C30H38N8/c1-35-16-18-37(19-17-35)25-12-14-26(15-13-25)38-30-27(29(31)32-21-33-30)28(34-38)23-8-10-24(11-9-23)36(2)20-22-6-4-3-5-7-22/h3-11,21,25-26H,12-20H2,1-2H3,(H2,31,32,33)/t25-,26+. The van der Waals surface area contributed by atoms with Crippen LogP contribution in [-0.4, -0.2) is 75.9 Å². The third-order valence-electron chi connectivity index (χ3n) is 8.43. The Morgan fingerprint density at radius 1 is 0.868 bits per heavy atom. The molecule has 1 aliphatic heterocycles. The summed E-state index contributed by atoms with van der Waals surface area (Å²) in [4.78, 5) is 16.4. The van der Waals surface area contributed by atoms with Crippen molar-refractivity contribution in [2.24, 2.45) is 0 Å². The number of aromatic nitrogens is 4. The van der Waals surface area contributed by atoms with Crippen LogP contribution in [0.3, 0.4) is 0 Å². The van der Waals surface area contributed by atoms with E-state index in [0.29, 0.717) is 17.9 Å². The summed E-state index contributed by atoms with van der Waals surface area (Å²) in [6.07, 6.45) is 6.19. The average molecular weight is 511 g/mol. The van der Waals surface area contributed by atoms with Crippen LogP contribution in [0.25, 0.3) is 22.3 Å². The van der Waals surface area contributed by atoms with Gasteiger partial charge in [0.2, 0.25) is 0 Å². The predicted octanol–water partition coefficient (Wildman–Crippen LogP) is 4.44. The molecule has 8 heteroatoms. The predicted molar refractivity (Wildman–Crippen MR) is 154 cm³/mol. The van der Waals surface area contributed by atoms with Crippen LogP contribution in [0.4, 0.5) is 11.5 Å². The number of anilines is 2. The highest BCUT2D eigenvalue weighted by molar-refractivity contribution is 5.98. The lowest BCUT2D eigenvalue weighted by atomic mass is 9.90. The molecule has 1 aliphatic carbocycles. The summed E-state index contributed by atoms with van der Waals surface area (Å²) >= 11 is 0. The number of benzene rings is 2. The van der Waals surface area contributed by atoms with Gasteiger partial charge in [0.15, 0.2) is 5.65 Å². The van der Waals surface area contributed by atoms with Crippen molar-refractivity contribution in [2.75, 3.05) is 50.9 Å². The van der Waals surface area contributed by atoms with Gasteiger partial charge < -0.3 is 15.5 Å². The fourth-order valence-electron chi connectivity index (χ4n) is 6.13. The SMILES string of the molecule is CN1CCN([C@H]2CC[C@@H](n3nc(-c4ccc(N(C)Cc5ccccc5)cc4)c4c(N)ncnc43)CC2)CC1. The summed E-state index contributed by atoms with van der Waals surface area (Å²) < 4.78 is 2.14. The van der Waals surface area contributed by atoms with E-state index in [-0.39, 0.29) is 0 Å². The van der Waals surface area contributed by atoms with Crippen molar-refractivity contribution in [3.63, 3.8) is 0 Å².